The number of carbonyl (C=O) groups excluding carboxylic acids is 2. The quantitative estimate of drug-likeness (QED) is 0.407. The molecule has 1 aromatic carbocycles. The molecule has 212 valence electrons. The second-order valence-electron chi connectivity index (χ2n) is 11.1. The Hall–Kier alpha value is -4.81. The van der Waals surface area contributed by atoms with Crippen molar-refractivity contribution in [1.82, 2.24) is 29.8 Å². The van der Waals surface area contributed by atoms with Gasteiger partial charge in [0.15, 0.2) is 6.33 Å². The molecule has 1 saturated heterocycles. The molecular formula is C29H33N9O3. The summed E-state index contributed by atoms with van der Waals surface area (Å²) in [5.41, 5.74) is 7.27. The van der Waals surface area contributed by atoms with E-state index in [0.717, 1.165) is 34.5 Å². The third kappa shape index (κ3) is 8.34. The standard InChI is InChI=1S/C29H33N9O3/c1-29(2,3)19-37(25-10-13-32-24(17-30)34-25)18-22-8-6-21(7-9-22)5-4-14-36-15-11-23(12-16-36)28(40)41-38-20-33-35-27(38)26(31)39/h6-10,13,20,23H,11-12,14-16,18-19H2,1-3H3,(H2,31,39). The third-order valence-corrected chi connectivity index (χ3v) is 6.44. The summed E-state index contributed by atoms with van der Waals surface area (Å²) in [5, 5.41) is 16.3. The van der Waals surface area contributed by atoms with Gasteiger partial charge in [0, 0.05) is 24.8 Å². The molecule has 1 aliphatic heterocycles. The van der Waals surface area contributed by atoms with Crippen molar-refractivity contribution in [2.75, 3.05) is 31.1 Å². The van der Waals surface area contributed by atoms with E-state index in [0.29, 0.717) is 39.0 Å². The van der Waals surface area contributed by atoms with E-state index in [9.17, 15) is 14.9 Å². The molecular weight excluding hydrogens is 522 g/mol. The number of likely N-dealkylation sites (tertiary alicyclic amines) is 1. The van der Waals surface area contributed by atoms with E-state index >= 15 is 0 Å². The average molecular weight is 556 g/mol. The lowest BCUT2D eigenvalue weighted by Gasteiger charge is -2.31. The number of rotatable bonds is 8. The predicted molar refractivity (Wildman–Crippen MR) is 150 cm³/mol. The van der Waals surface area contributed by atoms with Crippen LogP contribution >= 0.6 is 0 Å². The van der Waals surface area contributed by atoms with Gasteiger partial charge in [0.2, 0.25) is 5.82 Å². The van der Waals surface area contributed by atoms with E-state index in [1.165, 1.54) is 0 Å². The molecule has 0 aliphatic carbocycles. The average Bonchev–Trinajstić information content (AvgIpc) is 3.42. The van der Waals surface area contributed by atoms with Crippen LogP contribution in [0.2, 0.25) is 0 Å². The van der Waals surface area contributed by atoms with Crippen LogP contribution in [-0.4, -0.2) is 67.9 Å². The summed E-state index contributed by atoms with van der Waals surface area (Å²) in [5.74, 6) is 5.56. The van der Waals surface area contributed by atoms with Gasteiger partial charge in [-0.05, 0) is 55.1 Å². The maximum Gasteiger partial charge on any atom is 0.336 e. The lowest BCUT2D eigenvalue weighted by atomic mass is 9.95. The number of nitriles is 1. The second kappa shape index (κ2) is 13.0. The first kappa shape index (κ1) is 29.2. The topological polar surface area (TPSA) is 156 Å². The number of amides is 1. The van der Waals surface area contributed by atoms with Gasteiger partial charge in [-0.15, -0.1) is 14.9 Å². The summed E-state index contributed by atoms with van der Waals surface area (Å²) < 4.78 is 0.913. The molecule has 0 atom stereocenters. The molecule has 0 radical (unpaired) electrons. The zero-order valence-corrected chi connectivity index (χ0v) is 23.4. The minimum absolute atomic E-state index is 0.0317. The number of benzene rings is 1. The van der Waals surface area contributed by atoms with Crippen LogP contribution in [-0.2, 0) is 11.3 Å². The van der Waals surface area contributed by atoms with Gasteiger partial charge in [-0.2, -0.15) is 5.26 Å². The van der Waals surface area contributed by atoms with E-state index in [4.69, 9.17) is 10.6 Å². The molecule has 0 spiro atoms. The van der Waals surface area contributed by atoms with Gasteiger partial charge >= 0.3 is 5.97 Å². The molecule has 0 bridgehead atoms. The summed E-state index contributed by atoms with van der Waals surface area (Å²) in [6.07, 6.45) is 4.00. The van der Waals surface area contributed by atoms with Crippen LogP contribution in [0, 0.1) is 34.5 Å². The van der Waals surface area contributed by atoms with E-state index in [-0.39, 0.29) is 23.0 Å². The second-order valence-corrected chi connectivity index (χ2v) is 11.1. The zero-order valence-electron chi connectivity index (χ0n) is 23.4. The fourth-order valence-corrected chi connectivity index (χ4v) is 4.49. The molecule has 0 unspecified atom stereocenters. The predicted octanol–water partition coefficient (Wildman–Crippen LogP) is 1.81. The van der Waals surface area contributed by atoms with Crippen molar-refractivity contribution in [2.24, 2.45) is 17.1 Å². The summed E-state index contributed by atoms with van der Waals surface area (Å²) in [4.78, 5) is 41.8. The Balaban J connectivity index is 1.28. The number of hydrogen-bond acceptors (Lipinski definition) is 10. The molecule has 12 nitrogen and oxygen atoms in total. The van der Waals surface area contributed by atoms with Crippen LogP contribution < -0.4 is 15.5 Å². The smallest absolute Gasteiger partial charge is 0.336 e. The number of carbonyl (C=O) groups is 2. The normalized spacial score (nSPS) is 14.0. The number of nitrogens with two attached hydrogens (primary N) is 1. The Kier molecular flexibility index (Phi) is 9.27. The van der Waals surface area contributed by atoms with Crippen molar-refractivity contribution < 1.29 is 14.4 Å². The Bertz CT molecular complexity index is 1470. The molecule has 3 heterocycles. The highest BCUT2D eigenvalue weighted by Crippen LogP contribution is 2.22. The molecule has 1 amide bonds. The van der Waals surface area contributed by atoms with Crippen LogP contribution in [0.3, 0.4) is 0 Å². The molecule has 1 fully saturated rings. The van der Waals surface area contributed by atoms with Crippen LogP contribution in [0.1, 0.15) is 61.2 Å². The van der Waals surface area contributed by atoms with Crippen LogP contribution in [0.15, 0.2) is 42.9 Å². The highest BCUT2D eigenvalue weighted by Gasteiger charge is 2.27. The summed E-state index contributed by atoms with van der Waals surface area (Å²) in [7, 11) is 0. The zero-order chi connectivity index (χ0) is 29.4. The lowest BCUT2D eigenvalue weighted by Crippen LogP contribution is -2.39. The van der Waals surface area contributed by atoms with Crippen LogP contribution in [0.5, 0.6) is 0 Å². The van der Waals surface area contributed by atoms with Crippen LogP contribution in [0.25, 0.3) is 0 Å². The lowest BCUT2D eigenvalue weighted by molar-refractivity contribution is -0.150. The third-order valence-electron chi connectivity index (χ3n) is 6.44. The Morgan fingerprint density at radius 2 is 1.90 bits per heavy atom. The van der Waals surface area contributed by atoms with Crippen LogP contribution in [0.4, 0.5) is 5.82 Å². The molecule has 2 N–H and O–H groups in total. The number of aromatic nitrogens is 5. The Labute approximate surface area is 239 Å². The van der Waals surface area contributed by atoms with Gasteiger partial charge in [-0.3, -0.25) is 9.69 Å². The molecule has 4 rings (SSSR count). The van der Waals surface area contributed by atoms with Gasteiger partial charge in [-0.25, -0.2) is 14.8 Å². The SMILES string of the molecule is CC(C)(C)CN(Cc1ccc(C#CCN2CCC(C(=O)On3cnnc3C(N)=O)CC2)cc1)c1ccnc(C#N)n1. The Morgan fingerprint density at radius 3 is 2.56 bits per heavy atom. The molecule has 12 heteroatoms. The maximum atomic E-state index is 12.5. The fourth-order valence-electron chi connectivity index (χ4n) is 4.49. The van der Waals surface area contributed by atoms with Gasteiger partial charge in [0.25, 0.3) is 11.7 Å². The first-order chi connectivity index (χ1) is 19.6. The largest absolute Gasteiger partial charge is 0.363 e. The van der Waals surface area contributed by atoms with Gasteiger partial charge in [0.1, 0.15) is 11.9 Å². The highest BCUT2D eigenvalue weighted by atomic mass is 16.7. The number of hydrogen-bond donors (Lipinski definition) is 1. The van der Waals surface area contributed by atoms with E-state index in [1.54, 1.807) is 6.20 Å². The van der Waals surface area contributed by atoms with Crippen molar-refractivity contribution in [3.63, 3.8) is 0 Å². The first-order valence-corrected chi connectivity index (χ1v) is 13.3. The summed E-state index contributed by atoms with van der Waals surface area (Å²) in [6.45, 7) is 9.91. The minimum atomic E-state index is -0.821. The van der Waals surface area contributed by atoms with E-state index in [2.05, 4.69) is 74.7 Å². The first-order valence-electron chi connectivity index (χ1n) is 13.3. The monoisotopic (exact) mass is 555 g/mol. The molecule has 0 saturated carbocycles. The number of anilines is 1. The van der Waals surface area contributed by atoms with Crippen molar-refractivity contribution in [2.45, 2.75) is 40.2 Å². The maximum absolute atomic E-state index is 12.5. The van der Waals surface area contributed by atoms with Crippen molar-refractivity contribution in [3.05, 3.63) is 65.6 Å². The minimum Gasteiger partial charge on any atom is -0.363 e. The number of piperidine rings is 1. The Morgan fingerprint density at radius 1 is 1.17 bits per heavy atom. The highest BCUT2D eigenvalue weighted by molar-refractivity contribution is 5.89. The molecule has 41 heavy (non-hydrogen) atoms. The fraction of sp³-hybridized carbons (Fsp3) is 0.414. The molecule has 2 aromatic heterocycles. The van der Waals surface area contributed by atoms with Crippen molar-refractivity contribution in [3.8, 4) is 17.9 Å². The van der Waals surface area contributed by atoms with E-state index < -0.39 is 11.9 Å². The molecule has 1 aliphatic rings. The summed E-state index contributed by atoms with van der Waals surface area (Å²) in [6, 6.07) is 12.0. The van der Waals surface area contributed by atoms with Gasteiger partial charge < -0.3 is 15.5 Å². The number of nitrogens with zero attached hydrogens (tertiary/aromatic N) is 8. The van der Waals surface area contributed by atoms with Crippen molar-refractivity contribution >= 4 is 17.7 Å². The van der Waals surface area contributed by atoms with Crippen molar-refractivity contribution in [1.29, 1.82) is 5.26 Å². The van der Waals surface area contributed by atoms with E-state index in [1.807, 2.05) is 24.3 Å². The summed E-state index contributed by atoms with van der Waals surface area (Å²) >= 11 is 0. The molecule has 3 aromatic rings. The number of primary amides is 1. The van der Waals surface area contributed by atoms with Gasteiger partial charge in [-0.1, -0.05) is 44.7 Å². The van der Waals surface area contributed by atoms with Gasteiger partial charge in [0.05, 0.1) is 12.5 Å².